The summed E-state index contributed by atoms with van der Waals surface area (Å²) in [7, 11) is 3.34. The second-order valence-corrected chi connectivity index (χ2v) is 4.83. The molecular formula is C14H22N2O2. The molecule has 100 valence electrons. The van der Waals surface area contributed by atoms with Crippen molar-refractivity contribution in [3.05, 3.63) is 24.3 Å². The Labute approximate surface area is 109 Å². The van der Waals surface area contributed by atoms with Crippen molar-refractivity contribution in [2.75, 3.05) is 19.1 Å². The Balaban J connectivity index is 2.79. The molecule has 0 aliphatic carbocycles. The average Bonchev–Trinajstić information content (AvgIpc) is 2.36. The summed E-state index contributed by atoms with van der Waals surface area (Å²) in [5.74, 6) is 1.06. The third kappa shape index (κ3) is 3.74. The molecule has 0 saturated carbocycles. The molecule has 0 radical (unpaired) electrons. The van der Waals surface area contributed by atoms with Gasteiger partial charge in [-0.15, -0.1) is 0 Å². The first-order chi connectivity index (χ1) is 8.45. The lowest BCUT2D eigenvalue weighted by atomic mass is 10.0. The van der Waals surface area contributed by atoms with Crippen LogP contribution in [-0.2, 0) is 4.79 Å². The van der Waals surface area contributed by atoms with E-state index in [1.54, 1.807) is 19.1 Å². The van der Waals surface area contributed by atoms with Gasteiger partial charge in [0.15, 0.2) is 0 Å². The summed E-state index contributed by atoms with van der Waals surface area (Å²) < 4.78 is 5.14. The number of carbonyl (C=O) groups is 1. The number of anilines is 1. The van der Waals surface area contributed by atoms with Gasteiger partial charge in [0, 0.05) is 18.8 Å². The van der Waals surface area contributed by atoms with Crippen LogP contribution in [0.3, 0.4) is 0 Å². The van der Waals surface area contributed by atoms with E-state index in [1.807, 2.05) is 24.3 Å². The van der Waals surface area contributed by atoms with E-state index < -0.39 is 6.04 Å². The van der Waals surface area contributed by atoms with Gasteiger partial charge in [-0.25, -0.2) is 0 Å². The molecular weight excluding hydrogens is 228 g/mol. The Morgan fingerprint density at radius 1 is 1.44 bits per heavy atom. The zero-order chi connectivity index (χ0) is 13.7. The highest BCUT2D eigenvalue weighted by atomic mass is 16.5. The summed E-state index contributed by atoms with van der Waals surface area (Å²) in [6.45, 7) is 4.11. The highest BCUT2D eigenvalue weighted by Crippen LogP contribution is 2.20. The third-order valence-electron chi connectivity index (χ3n) is 2.81. The molecule has 1 amide bonds. The fourth-order valence-corrected chi connectivity index (χ4v) is 1.80. The van der Waals surface area contributed by atoms with E-state index in [9.17, 15) is 4.79 Å². The molecule has 0 aromatic heterocycles. The Morgan fingerprint density at radius 3 is 2.67 bits per heavy atom. The maximum Gasteiger partial charge on any atom is 0.243 e. The smallest absolute Gasteiger partial charge is 0.243 e. The van der Waals surface area contributed by atoms with Crippen LogP contribution in [0.2, 0.25) is 0 Å². The molecule has 2 N–H and O–H groups in total. The van der Waals surface area contributed by atoms with Crippen LogP contribution in [0.5, 0.6) is 5.75 Å². The Kier molecular flexibility index (Phi) is 5.16. The van der Waals surface area contributed by atoms with Gasteiger partial charge in [0.2, 0.25) is 5.91 Å². The third-order valence-corrected chi connectivity index (χ3v) is 2.81. The van der Waals surface area contributed by atoms with E-state index in [2.05, 4.69) is 13.8 Å². The molecule has 0 spiro atoms. The normalized spacial score (nSPS) is 12.3. The largest absolute Gasteiger partial charge is 0.497 e. The van der Waals surface area contributed by atoms with Crippen LogP contribution in [0.25, 0.3) is 0 Å². The maximum atomic E-state index is 12.1. The molecule has 0 unspecified atom stereocenters. The molecule has 0 aliphatic heterocycles. The molecule has 0 fully saturated rings. The minimum Gasteiger partial charge on any atom is -0.497 e. The number of carbonyl (C=O) groups excluding carboxylic acids is 1. The minimum atomic E-state index is -0.457. The second kappa shape index (κ2) is 6.40. The molecule has 1 aromatic rings. The summed E-state index contributed by atoms with van der Waals surface area (Å²) in [4.78, 5) is 13.7. The van der Waals surface area contributed by atoms with E-state index in [4.69, 9.17) is 10.5 Å². The maximum absolute atomic E-state index is 12.1. The second-order valence-electron chi connectivity index (χ2n) is 4.83. The number of ether oxygens (including phenoxy) is 1. The van der Waals surface area contributed by atoms with Crippen molar-refractivity contribution in [2.45, 2.75) is 26.3 Å². The van der Waals surface area contributed by atoms with Crippen LogP contribution in [0.15, 0.2) is 24.3 Å². The van der Waals surface area contributed by atoms with E-state index in [0.29, 0.717) is 12.3 Å². The highest BCUT2D eigenvalue weighted by molar-refractivity contribution is 5.96. The molecule has 1 aromatic carbocycles. The van der Waals surface area contributed by atoms with Gasteiger partial charge in [0.05, 0.1) is 13.2 Å². The summed E-state index contributed by atoms with van der Waals surface area (Å²) >= 11 is 0. The van der Waals surface area contributed by atoms with Crippen molar-refractivity contribution in [1.82, 2.24) is 0 Å². The molecule has 0 heterocycles. The predicted octanol–water partition coefficient (Wildman–Crippen LogP) is 2.03. The summed E-state index contributed by atoms with van der Waals surface area (Å²) in [5, 5.41) is 0. The first kappa shape index (κ1) is 14.5. The molecule has 4 nitrogen and oxygen atoms in total. The van der Waals surface area contributed by atoms with E-state index in [-0.39, 0.29) is 5.91 Å². The number of methoxy groups -OCH3 is 1. The van der Waals surface area contributed by atoms with Gasteiger partial charge in [-0.1, -0.05) is 19.9 Å². The number of amides is 1. The van der Waals surface area contributed by atoms with E-state index in [0.717, 1.165) is 11.4 Å². The van der Waals surface area contributed by atoms with Crippen molar-refractivity contribution in [3.8, 4) is 5.75 Å². The molecule has 4 heteroatoms. The zero-order valence-electron chi connectivity index (χ0n) is 11.5. The predicted molar refractivity (Wildman–Crippen MR) is 73.8 cm³/mol. The summed E-state index contributed by atoms with van der Waals surface area (Å²) in [6, 6.07) is 6.92. The van der Waals surface area contributed by atoms with Crippen LogP contribution >= 0.6 is 0 Å². The quantitative estimate of drug-likeness (QED) is 0.870. The molecule has 0 aliphatic rings. The van der Waals surface area contributed by atoms with Crippen LogP contribution in [0.4, 0.5) is 5.69 Å². The number of likely N-dealkylation sites (N-methyl/N-ethyl adjacent to an activating group) is 1. The van der Waals surface area contributed by atoms with Crippen molar-refractivity contribution in [1.29, 1.82) is 0 Å². The van der Waals surface area contributed by atoms with Gasteiger partial charge in [-0.3, -0.25) is 4.79 Å². The Bertz CT molecular complexity index is 405. The number of nitrogens with zero attached hydrogens (tertiary/aromatic N) is 1. The van der Waals surface area contributed by atoms with Crippen LogP contribution < -0.4 is 15.4 Å². The highest BCUT2D eigenvalue weighted by Gasteiger charge is 2.20. The average molecular weight is 250 g/mol. The Morgan fingerprint density at radius 2 is 2.11 bits per heavy atom. The van der Waals surface area contributed by atoms with E-state index in [1.165, 1.54) is 0 Å². The molecule has 0 bridgehead atoms. The molecule has 1 rings (SSSR count). The lowest BCUT2D eigenvalue weighted by Gasteiger charge is -2.22. The topological polar surface area (TPSA) is 55.6 Å². The van der Waals surface area contributed by atoms with Gasteiger partial charge in [-0.2, -0.15) is 0 Å². The first-order valence-corrected chi connectivity index (χ1v) is 6.13. The fraction of sp³-hybridized carbons (Fsp3) is 0.500. The van der Waals surface area contributed by atoms with Gasteiger partial charge < -0.3 is 15.4 Å². The lowest BCUT2D eigenvalue weighted by Crippen LogP contribution is -2.42. The van der Waals surface area contributed by atoms with Gasteiger partial charge in [0.1, 0.15) is 5.75 Å². The van der Waals surface area contributed by atoms with Crippen LogP contribution in [0.1, 0.15) is 20.3 Å². The monoisotopic (exact) mass is 250 g/mol. The molecule has 18 heavy (non-hydrogen) atoms. The molecule has 0 saturated heterocycles. The summed E-state index contributed by atoms with van der Waals surface area (Å²) in [5.41, 5.74) is 6.69. The van der Waals surface area contributed by atoms with Gasteiger partial charge >= 0.3 is 0 Å². The first-order valence-electron chi connectivity index (χ1n) is 6.13. The van der Waals surface area contributed by atoms with E-state index >= 15 is 0 Å². The van der Waals surface area contributed by atoms with Gasteiger partial charge in [-0.05, 0) is 24.5 Å². The fourth-order valence-electron chi connectivity index (χ4n) is 1.80. The van der Waals surface area contributed by atoms with Crippen molar-refractivity contribution < 1.29 is 9.53 Å². The SMILES string of the molecule is COc1cccc(N(C)C(=O)[C@@H](N)CC(C)C)c1. The standard InChI is InChI=1S/C14H22N2O2/c1-10(2)8-13(15)14(17)16(3)11-6-5-7-12(9-11)18-4/h5-7,9-10,13H,8,15H2,1-4H3/t13-/m0/s1. The lowest BCUT2D eigenvalue weighted by molar-refractivity contribution is -0.119. The molecule has 1 atom stereocenters. The van der Waals surface area contributed by atoms with Gasteiger partial charge in [0.25, 0.3) is 0 Å². The number of benzene rings is 1. The minimum absolute atomic E-state index is 0.0723. The number of rotatable bonds is 5. The Hall–Kier alpha value is -1.55. The van der Waals surface area contributed by atoms with Crippen LogP contribution in [-0.4, -0.2) is 26.1 Å². The van der Waals surface area contributed by atoms with Crippen molar-refractivity contribution >= 4 is 11.6 Å². The van der Waals surface area contributed by atoms with Crippen molar-refractivity contribution in [3.63, 3.8) is 0 Å². The zero-order valence-corrected chi connectivity index (χ0v) is 11.5. The number of hydrogen-bond donors (Lipinski definition) is 1. The number of nitrogens with two attached hydrogens (primary N) is 1. The summed E-state index contributed by atoms with van der Waals surface area (Å²) in [6.07, 6.45) is 0.688. The van der Waals surface area contributed by atoms with Crippen LogP contribution in [0, 0.1) is 5.92 Å². The van der Waals surface area contributed by atoms with Crippen molar-refractivity contribution in [2.24, 2.45) is 11.7 Å². The number of hydrogen-bond acceptors (Lipinski definition) is 3.